The summed E-state index contributed by atoms with van der Waals surface area (Å²) in [5.41, 5.74) is -4.41. The predicted octanol–water partition coefficient (Wildman–Crippen LogP) is 40.2. The Labute approximate surface area is 766 Å². The summed E-state index contributed by atoms with van der Waals surface area (Å²) in [5.74, 6) is -1.07. The number of carbonyl (C=O) groups is 5. The zero-order chi connectivity index (χ0) is 88.4. The monoisotopic (exact) mass is 1710 g/mol. The van der Waals surface area contributed by atoms with Crippen LogP contribution in [-0.4, -0.2) is 35.2 Å². The second-order valence-corrected chi connectivity index (χ2v) is 40.4. The average Bonchev–Trinajstić information content (AvgIpc) is 0.721. The van der Waals surface area contributed by atoms with Crippen LogP contribution in [0.25, 0.3) is 0 Å². The van der Waals surface area contributed by atoms with E-state index in [1.165, 1.54) is 469 Å². The van der Waals surface area contributed by atoms with Crippen molar-refractivity contribution in [2.24, 2.45) is 10.8 Å². The van der Waals surface area contributed by atoms with Crippen molar-refractivity contribution in [1.82, 2.24) is 0 Å². The van der Waals surface area contributed by atoms with Gasteiger partial charge in [-0.1, -0.05) is 612 Å². The third-order valence-corrected chi connectivity index (χ3v) is 28.7. The molecule has 1 unspecified atom stereocenters. The van der Waals surface area contributed by atoms with E-state index >= 15 is 19.2 Å². The minimum Gasteiger partial charge on any atom is -0.300 e. The minimum atomic E-state index is -2.40. The molecule has 1 radical (unpaired) electrons. The molecule has 0 aromatic rings. The van der Waals surface area contributed by atoms with Crippen molar-refractivity contribution in [3.8, 4) is 0 Å². The van der Waals surface area contributed by atoms with E-state index in [0.717, 1.165) is 128 Å². The fourth-order valence-corrected chi connectivity index (χ4v) is 20.2. The van der Waals surface area contributed by atoms with Crippen LogP contribution in [0.4, 0.5) is 0 Å². The van der Waals surface area contributed by atoms with E-state index in [0.29, 0.717) is 37.9 Å². The Morgan fingerprint density at radius 3 is 0.402 bits per heavy atom. The normalized spacial score (nSPS) is 12.3. The lowest BCUT2D eigenvalue weighted by atomic mass is 9.51. The first-order valence-electron chi connectivity index (χ1n) is 57.2. The highest BCUT2D eigenvalue weighted by Gasteiger charge is 2.67. The number of rotatable bonds is 110. The molecule has 0 aromatic heterocycles. The highest BCUT2D eigenvalue weighted by Crippen LogP contribution is 2.50. The molecule has 122 heavy (non-hydrogen) atoms. The number of ketones is 5. The molecule has 0 aromatic carbocycles. The fraction of sp³-hybridized carbons (Fsp3) is 0.948. The van der Waals surface area contributed by atoms with Gasteiger partial charge in [0, 0.05) is 38.5 Å². The van der Waals surface area contributed by atoms with Gasteiger partial charge in [0.25, 0.3) is 0 Å². The molecular formula is C116H221O6. The van der Waals surface area contributed by atoms with Gasteiger partial charge in [-0.3, -0.25) is 28.8 Å². The van der Waals surface area contributed by atoms with Crippen molar-refractivity contribution >= 4 is 35.2 Å². The highest BCUT2D eigenvalue weighted by atomic mass is 16.2. The van der Waals surface area contributed by atoms with Crippen LogP contribution in [-0.2, 0) is 28.8 Å². The van der Waals surface area contributed by atoms with E-state index < -0.39 is 22.4 Å². The maximum absolute atomic E-state index is 16.1. The highest BCUT2D eigenvalue weighted by molar-refractivity contribution is 6.28. The summed E-state index contributed by atoms with van der Waals surface area (Å²) < 4.78 is 0. The molecule has 721 valence electrons. The Hall–Kier alpha value is -1.98. The van der Waals surface area contributed by atoms with Gasteiger partial charge in [0.05, 0.1) is 0 Å². The van der Waals surface area contributed by atoms with Crippen molar-refractivity contribution in [2.75, 3.05) is 0 Å². The molecule has 0 aliphatic heterocycles. The lowest BCUT2D eigenvalue weighted by molar-refractivity contribution is -0.161. The first kappa shape index (κ1) is 120. The topological polar surface area (TPSA) is 102 Å². The molecule has 0 aliphatic rings. The standard InChI is InChI=1S/C116H221O6/c1-6-11-16-21-26-31-36-41-46-49-56-63-69-76-83-90-97-104-111(119)115(112(120)105-98-91-84-77-70-64-57-50-47-42-37-32-27-22-17-12-7-2,108-101-94-87-80-73-66-59-52-55-61-68-75-82-89-96-103-110(118)102-95-88-81-74-67-60-53-44-39-34-29-24-19-14-9-4)116(109-117,113(121)106-99-92-85-78-71-62-54-45-40-35-30-25-20-15-10-5)114(122)107-100-93-86-79-72-65-58-51-48-43-38-33-28-23-18-13-8-3/h6-108H2,1-5H3. The van der Waals surface area contributed by atoms with Gasteiger partial charge in [-0.05, 0) is 44.9 Å². The summed E-state index contributed by atoms with van der Waals surface area (Å²) in [7, 11) is 0. The van der Waals surface area contributed by atoms with Gasteiger partial charge < -0.3 is 0 Å². The summed E-state index contributed by atoms with van der Waals surface area (Å²) in [6.07, 6.45) is 122. The molecule has 6 nitrogen and oxygen atoms in total. The molecule has 0 amide bonds. The number of hydrogen-bond acceptors (Lipinski definition) is 6. The number of hydrogen-bond donors (Lipinski definition) is 0. The zero-order valence-electron chi connectivity index (χ0n) is 84.3. The SMILES string of the molecule is CCCCCCCCCCCCCCCCCCCC(=O)C([C]=O)(C(=O)CCCCCCCCCCCCCCCCC)C(CCCCCCCCCCCCCCCCCC(=O)CCCCCCCCCCCCCCCCC)(C(=O)CCCCCCCCCCCCCCCCCCC)C(=O)CCCCCCCCCCCCCCCCCCC. The van der Waals surface area contributed by atoms with Crippen LogP contribution in [0, 0.1) is 10.8 Å². The Morgan fingerprint density at radius 1 is 0.148 bits per heavy atom. The lowest BCUT2D eigenvalue weighted by Gasteiger charge is -2.43. The van der Waals surface area contributed by atoms with Crippen LogP contribution in [0.15, 0.2) is 0 Å². The molecule has 6 heteroatoms. The molecule has 0 N–H and O–H groups in total. The first-order chi connectivity index (χ1) is 60.2. The number of Topliss-reactive ketones (excluding diaryl/α,β-unsaturated/α-hetero) is 5. The third-order valence-electron chi connectivity index (χ3n) is 28.7. The summed E-state index contributed by atoms with van der Waals surface area (Å²) in [4.78, 5) is 91.4. The number of carbonyl (C=O) groups excluding carboxylic acids is 6. The molecule has 0 heterocycles. The maximum atomic E-state index is 16.1. The van der Waals surface area contributed by atoms with Gasteiger partial charge >= 0.3 is 0 Å². The maximum Gasteiger partial charge on any atom is 0.222 e. The van der Waals surface area contributed by atoms with Crippen LogP contribution in [0.3, 0.4) is 0 Å². The van der Waals surface area contributed by atoms with E-state index in [1.807, 2.05) is 0 Å². The summed E-state index contributed by atoms with van der Waals surface area (Å²) in [6.45, 7) is 11.5. The molecule has 0 spiro atoms. The molecule has 0 saturated heterocycles. The van der Waals surface area contributed by atoms with Crippen molar-refractivity contribution in [3.63, 3.8) is 0 Å². The van der Waals surface area contributed by atoms with Crippen LogP contribution in [0.2, 0.25) is 0 Å². The second kappa shape index (κ2) is 99.6. The van der Waals surface area contributed by atoms with Crippen LogP contribution >= 0.6 is 0 Å². The predicted molar refractivity (Wildman–Crippen MR) is 540 cm³/mol. The fourth-order valence-electron chi connectivity index (χ4n) is 20.2. The molecule has 0 saturated carbocycles. The van der Waals surface area contributed by atoms with Gasteiger partial charge in [-0.2, -0.15) is 0 Å². The Balaban J connectivity index is 6.35. The van der Waals surface area contributed by atoms with Gasteiger partial charge in [0.15, 0.2) is 17.0 Å². The summed E-state index contributed by atoms with van der Waals surface area (Å²) in [6, 6.07) is 0. The largest absolute Gasteiger partial charge is 0.300 e. The Kier molecular flexibility index (Phi) is 98.0. The van der Waals surface area contributed by atoms with Crippen molar-refractivity contribution < 1.29 is 28.8 Å². The van der Waals surface area contributed by atoms with E-state index in [-0.39, 0.29) is 43.7 Å². The smallest absolute Gasteiger partial charge is 0.222 e. The summed E-state index contributed by atoms with van der Waals surface area (Å²) >= 11 is 0. The lowest BCUT2D eigenvalue weighted by Crippen LogP contribution is -2.62. The molecule has 0 fully saturated rings. The van der Waals surface area contributed by atoms with Crippen LogP contribution in [0.5, 0.6) is 0 Å². The van der Waals surface area contributed by atoms with Crippen molar-refractivity contribution in [1.29, 1.82) is 0 Å². The van der Waals surface area contributed by atoms with Gasteiger partial charge in [0.2, 0.25) is 6.29 Å². The van der Waals surface area contributed by atoms with Crippen molar-refractivity contribution in [2.45, 2.75) is 696 Å². The van der Waals surface area contributed by atoms with Gasteiger partial charge in [0.1, 0.15) is 22.8 Å². The summed E-state index contributed by atoms with van der Waals surface area (Å²) in [5, 5.41) is 0. The Bertz CT molecular complexity index is 2090. The zero-order valence-corrected chi connectivity index (χ0v) is 84.3. The van der Waals surface area contributed by atoms with E-state index in [9.17, 15) is 9.59 Å². The Morgan fingerprint density at radius 2 is 0.262 bits per heavy atom. The minimum absolute atomic E-state index is 0.0433. The second-order valence-electron chi connectivity index (χ2n) is 40.4. The molecule has 1 atom stereocenters. The molecule has 0 aliphatic carbocycles. The van der Waals surface area contributed by atoms with E-state index in [4.69, 9.17) is 0 Å². The average molecular weight is 1710 g/mol. The first-order valence-corrected chi connectivity index (χ1v) is 57.2. The van der Waals surface area contributed by atoms with E-state index in [2.05, 4.69) is 40.9 Å². The van der Waals surface area contributed by atoms with Crippen LogP contribution < -0.4 is 0 Å². The molecule has 0 rings (SSSR count). The third kappa shape index (κ3) is 75.8. The molecule has 0 bridgehead atoms. The van der Waals surface area contributed by atoms with Gasteiger partial charge in [-0.15, -0.1) is 0 Å². The van der Waals surface area contributed by atoms with Crippen molar-refractivity contribution in [3.05, 3.63) is 0 Å². The number of unbranched alkanes of at least 4 members (excludes halogenated alkanes) is 90. The molecular weight excluding hydrogens is 1490 g/mol. The van der Waals surface area contributed by atoms with Gasteiger partial charge in [-0.25, -0.2) is 0 Å². The quantitative estimate of drug-likeness (QED) is 0.0444. The van der Waals surface area contributed by atoms with Crippen LogP contribution in [0.1, 0.15) is 696 Å². The van der Waals surface area contributed by atoms with E-state index in [1.54, 1.807) is 0 Å².